The minimum atomic E-state index is 0. The van der Waals surface area contributed by atoms with E-state index in [1.807, 2.05) is 0 Å². The number of rotatable bonds is 0. The monoisotopic (exact) mass is 205 g/mol. The second-order valence-corrected chi connectivity index (χ2v) is 4.96. The third-order valence-electron chi connectivity index (χ3n) is 3.26. The Hall–Kier alpha value is 0.210. The van der Waals surface area contributed by atoms with Crippen LogP contribution < -0.4 is 5.32 Å². The largest absolute Gasteiger partial charge is 0.376 e. The van der Waals surface area contributed by atoms with Crippen molar-refractivity contribution in [3.05, 3.63) is 0 Å². The molecule has 0 saturated carbocycles. The number of hydrogen-bond donors (Lipinski definition) is 1. The van der Waals surface area contributed by atoms with Crippen molar-refractivity contribution in [1.29, 1.82) is 0 Å². The first-order valence-electron chi connectivity index (χ1n) is 4.97. The zero-order chi connectivity index (χ0) is 8.66. The van der Waals surface area contributed by atoms with Gasteiger partial charge in [0.15, 0.2) is 0 Å². The van der Waals surface area contributed by atoms with Gasteiger partial charge in [-0.15, -0.1) is 12.4 Å². The smallest absolute Gasteiger partial charge is 0.0632 e. The summed E-state index contributed by atoms with van der Waals surface area (Å²) in [6, 6.07) is 0. The Kier molecular flexibility index (Phi) is 3.26. The Morgan fingerprint density at radius 3 is 2.54 bits per heavy atom. The van der Waals surface area contributed by atoms with E-state index >= 15 is 0 Å². The molecule has 2 heterocycles. The molecular weight excluding hydrogens is 186 g/mol. The summed E-state index contributed by atoms with van der Waals surface area (Å²) in [7, 11) is 0. The lowest BCUT2D eigenvalue weighted by Gasteiger charge is -2.42. The van der Waals surface area contributed by atoms with Crippen molar-refractivity contribution in [2.24, 2.45) is 5.41 Å². The van der Waals surface area contributed by atoms with E-state index < -0.39 is 0 Å². The molecular formula is C10H20ClNO. The molecule has 0 radical (unpaired) electrons. The standard InChI is InChI=1S/C10H19NO.ClH/c1-9(2)7-10(4-6-12-9)3-5-11-8-10;/h11H,3-8H2,1-2H3;1H. The van der Waals surface area contributed by atoms with Gasteiger partial charge in [0.05, 0.1) is 5.60 Å². The molecule has 2 nitrogen and oxygen atoms in total. The molecule has 2 saturated heterocycles. The van der Waals surface area contributed by atoms with Crippen molar-refractivity contribution in [3.63, 3.8) is 0 Å². The Bertz CT molecular complexity index is 176. The summed E-state index contributed by atoms with van der Waals surface area (Å²) < 4.78 is 5.72. The molecule has 13 heavy (non-hydrogen) atoms. The minimum absolute atomic E-state index is 0. The van der Waals surface area contributed by atoms with Gasteiger partial charge in [0.2, 0.25) is 0 Å². The van der Waals surface area contributed by atoms with E-state index in [2.05, 4.69) is 19.2 Å². The predicted molar refractivity (Wildman–Crippen MR) is 56.4 cm³/mol. The number of halogens is 1. The lowest BCUT2D eigenvalue weighted by molar-refractivity contribution is -0.0990. The van der Waals surface area contributed by atoms with E-state index in [0.717, 1.165) is 6.61 Å². The highest BCUT2D eigenvalue weighted by Gasteiger charge is 2.42. The fourth-order valence-corrected chi connectivity index (χ4v) is 2.75. The lowest BCUT2D eigenvalue weighted by Crippen LogP contribution is -2.42. The summed E-state index contributed by atoms with van der Waals surface area (Å²) in [5.41, 5.74) is 0.687. The van der Waals surface area contributed by atoms with Crippen LogP contribution in [0.2, 0.25) is 0 Å². The van der Waals surface area contributed by atoms with Gasteiger partial charge in [-0.05, 0) is 45.1 Å². The fraction of sp³-hybridized carbons (Fsp3) is 1.00. The Morgan fingerprint density at radius 2 is 2.00 bits per heavy atom. The first-order chi connectivity index (χ1) is 5.62. The van der Waals surface area contributed by atoms with Gasteiger partial charge in [-0.1, -0.05) is 0 Å². The van der Waals surface area contributed by atoms with Crippen molar-refractivity contribution < 1.29 is 4.74 Å². The maximum Gasteiger partial charge on any atom is 0.0632 e. The van der Waals surface area contributed by atoms with Crippen molar-refractivity contribution in [2.75, 3.05) is 19.7 Å². The summed E-state index contributed by atoms with van der Waals surface area (Å²) in [5.74, 6) is 0. The van der Waals surface area contributed by atoms with E-state index in [1.165, 1.54) is 32.4 Å². The van der Waals surface area contributed by atoms with Crippen LogP contribution in [0.5, 0.6) is 0 Å². The van der Waals surface area contributed by atoms with Gasteiger partial charge in [-0.25, -0.2) is 0 Å². The number of hydrogen-bond acceptors (Lipinski definition) is 2. The predicted octanol–water partition coefficient (Wildman–Crippen LogP) is 1.98. The highest BCUT2D eigenvalue weighted by atomic mass is 35.5. The van der Waals surface area contributed by atoms with Crippen molar-refractivity contribution in [1.82, 2.24) is 5.32 Å². The molecule has 0 aromatic carbocycles. The van der Waals surface area contributed by atoms with E-state index in [1.54, 1.807) is 0 Å². The molecule has 1 N–H and O–H groups in total. The first kappa shape index (κ1) is 11.3. The minimum Gasteiger partial charge on any atom is -0.376 e. The van der Waals surface area contributed by atoms with Gasteiger partial charge < -0.3 is 10.1 Å². The van der Waals surface area contributed by atoms with Crippen LogP contribution in [0.25, 0.3) is 0 Å². The van der Waals surface area contributed by atoms with Crippen molar-refractivity contribution in [3.8, 4) is 0 Å². The highest BCUT2D eigenvalue weighted by Crippen LogP contribution is 2.42. The molecule has 0 aromatic rings. The van der Waals surface area contributed by atoms with Gasteiger partial charge in [0.25, 0.3) is 0 Å². The van der Waals surface area contributed by atoms with Gasteiger partial charge in [-0.3, -0.25) is 0 Å². The Morgan fingerprint density at radius 1 is 1.23 bits per heavy atom. The quantitative estimate of drug-likeness (QED) is 0.653. The van der Waals surface area contributed by atoms with Gasteiger partial charge >= 0.3 is 0 Å². The van der Waals surface area contributed by atoms with E-state index in [-0.39, 0.29) is 18.0 Å². The zero-order valence-corrected chi connectivity index (χ0v) is 9.38. The topological polar surface area (TPSA) is 21.3 Å². The molecule has 0 bridgehead atoms. The number of ether oxygens (including phenoxy) is 1. The van der Waals surface area contributed by atoms with Crippen molar-refractivity contribution in [2.45, 2.75) is 38.7 Å². The van der Waals surface area contributed by atoms with Crippen LogP contribution in [0.15, 0.2) is 0 Å². The van der Waals surface area contributed by atoms with Crippen LogP contribution in [-0.4, -0.2) is 25.3 Å². The zero-order valence-electron chi connectivity index (χ0n) is 8.56. The molecule has 2 aliphatic heterocycles. The Labute approximate surface area is 86.8 Å². The molecule has 2 aliphatic rings. The molecule has 1 atom stereocenters. The maximum atomic E-state index is 5.72. The molecule has 0 amide bonds. The maximum absolute atomic E-state index is 5.72. The van der Waals surface area contributed by atoms with Crippen LogP contribution in [-0.2, 0) is 4.74 Å². The van der Waals surface area contributed by atoms with Crippen LogP contribution in [0.1, 0.15) is 33.1 Å². The molecule has 1 unspecified atom stereocenters. The van der Waals surface area contributed by atoms with E-state index in [9.17, 15) is 0 Å². The van der Waals surface area contributed by atoms with Crippen LogP contribution >= 0.6 is 12.4 Å². The van der Waals surface area contributed by atoms with E-state index in [0.29, 0.717) is 5.41 Å². The second kappa shape index (κ2) is 3.76. The van der Waals surface area contributed by atoms with Gasteiger partial charge in [-0.2, -0.15) is 0 Å². The average Bonchev–Trinajstić information content (AvgIpc) is 2.34. The number of nitrogens with one attached hydrogen (secondary N) is 1. The SMILES string of the molecule is CC1(C)CC2(CCNC2)CCO1.Cl. The second-order valence-electron chi connectivity index (χ2n) is 4.96. The summed E-state index contributed by atoms with van der Waals surface area (Å²) in [5, 5.41) is 3.46. The van der Waals surface area contributed by atoms with E-state index in [4.69, 9.17) is 4.74 Å². The fourth-order valence-electron chi connectivity index (χ4n) is 2.75. The molecule has 1 spiro atoms. The molecule has 2 rings (SSSR count). The molecule has 3 heteroatoms. The highest BCUT2D eigenvalue weighted by molar-refractivity contribution is 5.85. The molecule has 0 aromatic heterocycles. The summed E-state index contributed by atoms with van der Waals surface area (Å²) in [6.07, 6.45) is 3.83. The third-order valence-corrected chi connectivity index (χ3v) is 3.26. The van der Waals surface area contributed by atoms with Crippen molar-refractivity contribution >= 4 is 12.4 Å². The van der Waals surface area contributed by atoms with Gasteiger partial charge in [0.1, 0.15) is 0 Å². The molecule has 78 valence electrons. The van der Waals surface area contributed by atoms with Crippen LogP contribution in [0.3, 0.4) is 0 Å². The third kappa shape index (κ3) is 2.36. The first-order valence-corrected chi connectivity index (χ1v) is 4.97. The van der Waals surface area contributed by atoms with Crippen LogP contribution in [0, 0.1) is 5.41 Å². The lowest BCUT2D eigenvalue weighted by atomic mass is 9.73. The van der Waals surface area contributed by atoms with Crippen LogP contribution in [0.4, 0.5) is 0 Å². The summed E-state index contributed by atoms with van der Waals surface area (Å²) in [6.45, 7) is 7.79. The summed E-state index contributed by atoms with van der Waals surface area (Å²) in [4.78, 5) is 0. The average molecular weight is 206 g/mol. The van der Waals surface area contributed by atoms with Gasteiger partial charge in [0, 0.05) is 13.2 Å². The Balaban J connectivity index is 0.000000845. The summed E-state index contributed by atoms with van der Waals surface area (Å²) >= 11 is 0. The normalized spacial score (nSPS) is 37.4. The molecule has 0 aliphatic carbocycles. The molecule has 2 fully saturated rings.